The van der Waals surface area contributed by atoms with Gasteiger partial charge in [0.1, 0.15) is 18.3 Å². The predicted octanol–water partition coefficient (Wildman–Crippen LogP) is 5.46. The number of ether oxygens (including phenoxy) is 1. The van der Waals surface area contributed by atoms with Gasteiger partial charge in [-0.25, -0.2) is 8.42 Å². The maximum Gasteiger partial charge on any atom is 0.264 e. The van der Waals surface area contributed by atoms with E-state index in [1.165, 1.54) is 17.0 Å². The van der Waals surface area contributed by atoms with Crippen molar-refractivity contribution in [2.45, 2.75) is 76.4 Å². The minimum atomic E-state index is -4.12. The molecule has 2 amide bonds. The summed E-state index contributed by atoms with van der Waals surface area (Å²) in [5.74, 6) is -0.0645. The predicted molar refractivity (Wildman–Crippen MR) is 165 cm³/mol. The summed E-state index contributed by atoms with van der Waals surface area (Å²) in [5, 5.41) is 3.15. The number of anilines is 1. The van der Waals surface area contributed by atoms with Crippen molar-refractivity contribution in [3.8, 4) is 5.75 Å². The van der Waals surface area contributed by atoms with Crippen LogP contribution in [-0.4, -0.2) is 50.4 Å². The number of nitrogens with one attached hydrogen (secondary N) is 1. The maximum absolute atomic E-state index is 14.2. The Labute approximate surface area is 249 Å². The number of carbonyl (C=O) groups excluding carboxylic acids is 2. The maximum atomic E-state index is 14.2. The van der Waals surface area contributed by atoms with Crippen LogP contribution in [0.1, 0.15) is 57.1 Å². The van der Waals surface area contributed by atoms with Crippen LogP contribution in [0.25, 0.3) is 0 Å². The number of amides is 2. The summed E-state index contributed by atoms with van der Waals surface area (Å²) in [4.78, 5) is 29.4. The molecule has 0 saturated heterocycles. The summed E-state index contributed by atoms with van der Waals surface area (Å²) < 4.78 is 34.6. The Hall–Kier alpha value is -3.85. The molecule has 1 aliphatic carbocycles. The lowest BCUT2D eigenvalue weighted by molar-refractivity contribution is -0.140. The molecule has 42 heavy (non-hydrogen) atoms. The first-order chi connectivity index (χ1) is 20.2. The molecule has 1 saturated carbocycles. The van der Waals surface area contributed by atoms with E-state index in [4.69, 9.17) is 4.74 Å². The molecular formula is C33H41N3O5S. The highest BCUT2D eigenvalue weighted by molar-refractivity contribution is 7.92. The van der Waals surface area contributed by atoms with Gasteiger partial charge in [0.2, 0.25) is 11.8 Å². The van der Waals surface area contributed by atoms with E-state index in [0.29, 0.717) is 24.5 Å². The van der Waals surface area contributed by atoms with E-state index in [0.717, 1.165) is 41.1 Å². The molecule has 0 aromatic heterocycles. The van der Waals surface area contributed by atoms with E-state index in [-0.39, 0.29) is 23.4 Å². The van der Waals surface area contributed by atoms with Gasteiger partial charge < -0.3 is 15.0 Å². The van der Waals surface area contributed by atoms with Crippen LogP contribution in [0.3, 0.4) is 0 Å². The van der Waals surface area contributed by atoms with Crippen LogP contribution in [-0.2, 0) is 26.2 Å². The van der Waals surface area contributed by atoms with Gasteiger partial charge in [-0.05, 0) is 80.6 Å². The average molecular weight is 592 g/mol. The Bertz CT molecular complexity index is 1440. The van der Waals surface area contributed by atoms with Crippen LogP contribution >= 0.6 is 0 Å². The van der Waals surface area contributed by atoms with Gasteiger partial charge in [0.15, 0.2) is 0 Å². The lowest BCUT2D eigenvalue weighted by atomic mass is 10.1. The fourth-order valence-electron chi connectivity index (χ4n) is 5.38. The molecule has 1 N–H and O–H groups in total. The average Bonchev–Trinajstić information content (AvgIpc) is 3.51. The van der Waals surface area contributed by atoms with Crippen molar-refractivity contribution < 1.29 is 22.7 Å². The Morgan fingerprint density at radius 2 is 1.57 bits per heavy atom. The first-order valence-electron chi connectivity index (χ1n) is 14.7. The molecule has 1 unspecified atom stereocenters. The number of hydrogen-bond donors (Lipinski definition) is 1. The second-order valence-electron chi connectivity index (χ2n) is 10.6. The molecule has 1 atom stereocenters. The molecule has 1 aliphatic rings. The number of benzene rings is 3. The van der Waals surface area contributed by atoms with Gasteiger partial charge in [-0.3, -0.25) is 13.9 Å². The molecule has 1 fully saturated rings. The highest BCUT2D eigenvalue weighted by atomic mass is 32.2. The van der Waals surface area contributed by atoms with Crippen molar-refractivity contribution in [1.82, 2.24) is 10.2 Å². The van der Waals surface area contributed by atoms with Gasteiger partial charge in [-0.1, -0.05) is 62.2 Å². The zero-order valence-corrected chi connectivity index (χ0v) is 25.5. The van der Waals surface area contributed by atoms with Crippen LogP contribution in [0.5, 0.6) is 5.75 Å². The van der Waals surface area contributed by atoms with Crippen molar-refractivity contribution in [3.05, 3.63) is 90.0 Å². The number of nitrogens with zero attached hydrogens (tertiary/aromatic N) is 2. The summed E-state index contributed by atoms with van der Waals surface area (Å²) in [5.41, 5.74) is 2.22. The van der Waals surface area contributed by atoms with E-state index in [1.807, 2.05) is 45.0 Å². The second-order valence-corrected chi connectivity index (χ2v) is 12.5. The summed E-state index contributed by atoms with van der Waals surface area (Å²) in [6.45, 7) is 5.90. The van der Waals surface area contributed by atoms with Crippen molar-refractivity contribution in [2.75, 3.05) is 17.5 Å². The molecule has 0 spiro atoms. The quantitative estimate of drug-likeness (QED) is 0.285. The molecular weight excluding hydrogens is 550 g/mol. The molecule has 4 rings (SSSR count). The third-order valence-corrected chi connectivity index (χ3v) is 9.52. The molecule has 0 heterocycles. The number of sulfonamides is 1. The van der Waals surface area contributed by atoms with Crippen LogP contribution < -0.4 is 14.4 Å². The fourth-order valence-corrected chi connectivity index (χ4v) is 6.82. The number of hydrogen-bond acceptors (Lipinski definition) is 5. The Morgan fingerprint density at radius 1 is 0.929 bits per heavy atom. The summed E-state index contributed by atoms with van der Waals surface area (Å²) in [6, 6.07) is 21.8. The van der Waals surface area contributed by atoms with E-state index >= 15 is 0 Å². The molecule has 224 valence electrons. The zero-order valence-electron chi connectivity index (χ0n) is 24.7. The van der Waals surface area contributed by atoms with Gasteiger partial charge in [0.25, 0.3) is 10.0 Å². The van der Waals surface area contributed by atoms with Crippen molar-refractivity contribution in [3.63, 3.8) is 0 Å². The lowest BCUT2D eigenvalue weighted by Crippen LogP contribution is -2.53. The molecule has 9 heteroatoms. The van der Waals surface area contributed by atoms with Gasteiger partial charge in [0.05, 0.1) is 17.2 Å². The largest absolute Gasteiger partial charge is 0.494 e. The number of rotatable bonds is 13. The molecule has 3 aromatic rings. The van der Waals surface area contributed by atoms with Crippen LogP contribution in [0.15, 0.2) is 83.8 Å². The standard InChI is InChI=1S/C33H41N3O5S/c1-4-31(33(38)34-27-15-11-12-16-27)35(23-26-14-10-9-13-25(26)3)32(37)24-36(28-19-21-29(22-20-28)41-5-2)42(39,40)30-17-7-6-8-18-30/h6-10,13-14,17-22,27,31H,4-5,11-12,15-16,23-24H2,1-3H3,(H,34,38). The fraction of sp³-hybridized carbons (Fsp3) is 0.394. The first-order valence-corrected chi connectivity index (χ1v) is 16.1. The van der Waals surface area contributed by atoms with E-state index in [2.05, 4.69) is 5.32 Å². The molecule has 0 bridgehead atoms. The van der Waals surface area contributed by atoms with Crippen molar-refractivity contribution >= 4 is 27.5 Å². The summed E-state index contributed by atoms with van der Waals surface area (Å²) >= 11 is 0. The van der Waals surface area contributed by atoms with Gasteiger partial charge in [-0.15, -0.1) is 0 Å². The number of aryl methyl sites for hydroxylation is 1. The van der Waals surface area contributed by atoms with Crippen molar-refractivity contribution in [1.29, 1.82) is 0 Å². The van der Waals surface area contributed by atoms with Gasteiger partial charge in [-0.2, -0.15) is 0 Å². The lowest BCUT2D eigenvalue weighted by Gasteiger charge is -2.34. The van der Waals surface area contributed by atoms with E-state index in [1.54, 1.807) is 42.5 Å². The molecule has 3 aromatic carbocycles. The molecule has 8 nitrogen and oxygen atoms in total. The third-order valence-electron chi connectivity index (χ3n) is 7.74. The van der Waals surface area contributed by atoms with E-state index < -0.39 is 28.5 Å². The minimum absolute atomic E-state index is 0.0724. The highest BCUT2D eigenvalue weighted by Crippen LogP contribution is 2.27. The van der Waals surface area contributed by atoms with E-state index in [9.17, 15) is 18.0 Å². The monoisotopic (exact) mass is 591 g/mol. The van der Waals surface area contributed by atoms with Crippen LogP contribution in [0.4, 0.5) is 5.69 Å². The van der Waals surface area contributed by atoms with Gasteiger partial charge in [0, 0.05) is 12.6 Å². The second kappa shape index (κ2) is 14.4. The topological polar surface area (TPSA) is 96.0 Å². The summed E-state index contributed by atoms with van der Waals surface area (Å²) in [6.07, 6.45) is 4.39. The minimum Gasteiger partial charge on any atom is -0.494 e. The van der Waals surface area contributed by atoms with Crippen LogP contribution in [0.2, 0.25) is 0 Å². The SMILES string of the molecule is CCOc1ccc(N(CC(=O)N(Cc2ccccc2C)C(CC)C(=O)NC2CCCC2)S(=O)(=O)c2ccccc2)cc1. The highest BCUT2D eigenvalue weighted by Gasteiger charge is 2.34. The smallest absolute Gasteiger partial charge is 0.264 e. The first kappa shape index (κ1) is 31.1. The Balaban J connectivity index is 1.71. The van der Waals surface area contributed by atoms with Crippen molar-refractivity contribution in [2.24, 2.45) is 0 Å². The molecule has 0 aliphatic heterocycles. The Morgan fingerprint density at radius 3 is 2.19 bits per heavy atom. The Kier molecular flexibility index (Phi) is 10.6. The summed E-state index contributed by atoms with van der Waals surface area (Å²) in [7, 11) is -4.12. The molecule has 0 radical (unpaired) electrons. The van der Waals surface area contributed by atoms with Crippen LogP contribution in [0, 0.1) is 6.92 Å². The normalized spacial score (nSPS) is 14.3. The zero-order chi connectivity index (χ0) is 30.1. The third kappa shape index (κ3) is 7.50. The number of carbonyl (C=O) groups is 2. The van der Waals surface area contributed by atoms with Gasteiger partial charge >= 0.3 is 0 Å².